The van der Waals surface area contributed by atoms with Gasteiger partial charge in [-0.2, -0.15) is 0 Å². The number of hydrogen-bond donors (Lipinski definition) is 1. The average molecular weight is 351 g/mol. The predicted octanol–water partition coefficient (Wildman–Crippen LogP) is 5.90. The summed E-state index contributed by atoms with van der Waals surface area (Å²) >= 11 is 0. The standard InChI is InChI=1S/C23H29NO2/c1-3-4-17-6-5-16(2)22(15-17)18-7-11-20(12-8-18)26-21-13-9-19(10-14-21)23(24)25/h7-14,16-17,22H,3-6,15H2,1-2H3,(H2,24,25). The zero-order valence-corrected chi connectivity index (χ0v) is 15.8. The molecule has 1 amide bonds. The van der Waals surface area contributed by atoms with Gasteiger partial charge in [0.1, 0.15) is 11.5 Å². The fourth-order valence-electron chi connectivity index (χ4n) is 4.15. The summed E-state index contributed by atoms with van der Waals surface area (Å²) in [6.07, 6.45) is 6.66. The minimum absolute atomic E-state index is 0.427. The van der Waals surface area contributed by atoms with Crippen molar-refractivity contribution >= 4 is 5.91 Å². The Morgan fingerprint density at radius 3 is 2.23 bits per heavy atom. The number of rotatable bonds is 6. The molecule has 0 spiro atoms. The first kappa shape index (κ1) is 18.5. The maximum atomic E-state index is 11.1. The van der Waals surface area contributed by atoms with Crippen molar-refractivity contribution in [3.63, 3.8) is 0 Å². The Bertz CT molecular complexity index is 721. The molecule has 0 saturated heterocycles. The van der Waals surface area contributed by atoms with E-state index in [9.17, 15) is 4.79 Å². The molecule has 2 aromatic carbocycles. The number of carbonyl (C=O) groups is 1. The summed E-state index contributed by atoms with van der Waals surface area (Å²) in [6, 6.07) is 15.4. The highest BCUT2D eigenvalue weighted by Crippen LogP contribution is 2.42. The topological polar surface area (TPSA) is 52.3 Å². The molecule has 0 radical (unpaired) electrons. The highest BCUT2D eigenvalue weighted by atomic mass is 16.5. The van der Waals surface area contributed by atoms with Gasteiger partial charge in [-0.1, -0.05) is 45.2 Å². The smallest absolute Gasteiger partial charge is 0.248 e. The fourth-order valence-corrected chi connectivity index (χ4v) is 4.15. The Morgan fingerprint density at radius 1 is 1.04 bits per heavy atom. The Balaban J connectivity index is 1.66. The molecule has 3 rings (SSSR count). The van der Waals surface area contributed by atoms with Crippen LogP contribution < -0.4 is 10.5 Å². The predicted molar refractivity (Wildman–Crippen MR) is 106 cm³/mol. The van der Waals surface area contributed by atoms with Gasteiger partial charge in [0.2, 0.25) is 5.91 Å². The van der Waals surface area contributed by atoms with Crippen LogP contribution in [0.2, 0.25) is 0 Å². The van der Waals surface area contributed by atoms with Gasteiger partial charge in [0.15, 0.2) is 0 Å². The molecule has 0 bridgehead atoms. The van der Waals surface area contributed by atoms with Gasteiger partial charge in [-0.25, -0.2) is 0 Å². The number of amides is 1. The summed E-state index contributed by atoms with van der Waals surface area (Å²) in [7, 11) is 0. The molecule has 0 aliphatic heterocycles. The molecule has 1 aliphatic rings. The van der Waals surface area contributed by atoms with Crippen molar-refractivity contribution in [2.75, 3.05) is 0 Å². The van der Waals surface area contributed by atoms with E-state index in [1.54, 1.807) is 24.3 Å². The molecule has 138 valence electrons. The van der Waals surface area contributed by atoms with Crippen LogP contribution in [-0.4, -0.2) is 5.91 Å². The summed E-state index contributed by atoms with van der Waals surface area (Å²) in [4.78, 5) is 11.1. The molecule has 2 aromatic rings. The maximum absolute atomic E-state index is 11.1. The van der Waals surface area contributed by atoms with Crippen molar-refractivity contribution in [3.8, 4) is 11.5 Å². The third kappa shape index (κ3) is 4.46. The molecule has 3 unspecified atom stereocenters. The lowest BCUT2D eigenvalue weighted by Gasteiger charge is -2.34. The minimum Gasteiger partial charge on any atom is -0.457 e. The van der Waals surface area contributed by atoms with Crippen molar-refractivity contribution < 1.29 is 9.53 Å². The second-order valence-electron chi connectivity index (χ2n) is 7.61. The number of ether oxygens (including phenoxy) is 1. The third-order valence-corrected chi connectivity index (χ3v) is 5.68. The maximum Gasteiger partial charge on any atom is 0.248 e. The molecular formula is C23H29NO2. The molecule has 3 heteroatoms. The zero-order chi connectivity index (χ0) is 18.5. The lowest BCUT2D eigenvalue weighted by molar-refractivity contribution is 0.100. The molecule has 1 aliphatic carbocycles. The number of carbonyl (C=O) groups excluding carboxylic acids is 1. The van der Waals surface area contributed by atoms with Crippen molar-refractivity contribution in [2.24, 2.45) is 17.6 Å². The molecule has 26 heavy (non-hydrogen) atoms. The largest absolute Gasteiger partial charge is 0.457 e. The molecule has 3 atom stereocenters. The molecule has 1 fully saturated rings. The average Bonchev–Trinajstić information content (AvgIpc) is 2.65. The Kier molecular flexibility index (Phi) is 5.97. The van der Waals surface area contributed by atoms with Gasteiger partial charge in [0.25, 0.3) is 0 Å². The molecule has 1 saturated carbocycles. The van der Waals surface area contributed by atoms with Crippen LogP contribution in [0, 0.1) is 11.8 Å². The summed E-state index contributed by atoms with van der Waals surface area (Å²) < 4.78 is 5.89. The lowest BCUT2D eigenvalue weighted by Crippen LogP contribution is -2.21. The van der Waals surface area contributed by atoms with Gasteiger partial charge in [0.05, 0.1) is 0 Å². The number of benzene rings is 2. The van der Waals surface area contributed by atoms with E-state index >= 15 is 0 Å². The van der Waals surface area contributed by atoms with Crippen molar-refractivity contribution in [1.29, 1.82) is 0 Å². The van der Waals surface area contributed by atoms with Gasteiger partial charge in [0, 0.05) is 5.56 Å². The number of primary amides is 1. The van der Waals surface area contributed by atoms with Crippen LogP contribution >= 0.6 is 0 Å². The van der Waals surface area contributed by atoms with Crippen LogP contribution in [0.4, 0.5) is 0 Å². The van der Waals surface area contributed by atoms with E-state index in [-0.39, 0.29) is 0 Å². The summed E-state index contributed by atoms with van der Waals surface area (Å²) in [5, 5.41) is 0. The Hall–Kier alpha value is -2.29. The van der Waals surface area contributed by atoms with Crippen molar-refractivity contribution in [2.45, 2.75) is 51.9 Å². The number of nitrogens with two attached hydrogens (primary N) is 1. The number of hydrogen-bond acceptors (Lipinski definition) is 2. The van der Waals surface area contributed by atoms with E-state index in [0.717, 1.165) is 17.6 Å². The van der Waals surface area contributed by atoms with E-state index in [2.05, 4.69) is 26.0 Å². The fraction of sp³-hybridized carbons (Fsp3) is 0.435. The van der Waals surface area contributed by atoms with Gasteiger partial charge in [-0.3, -0.25) is 4.79 Å². The minimum atomic E-state index is -0.427. The first-order valence-electron chi connectivity index (χ1n) is 9.74. The van der Waals surface area contributed by atoms with Crippen LogP contribution in [0.25, 0.3) is 0 Å². The quantitative estimate of drug-likeness (QED) is 0.704. The SMILES string of the molecule is CCCC1CCC(C)C(c2ccc(Oc3ccc(C(N)=O)cc3)cc2)C1. The van der Waals surface area contributed by atoms with Gasteiger partial charge < -0.3 is 10.5 Å². The molecule has 0 heterocycles. The van der Waals surface area contributed by atoms with Crippen LogP contribution in [0.15, 0.2) is 48.5 Å². The van der Waals surface area contributed by atoms with E-state index < -0.39 is 5.91 Å². The normalized spacial score (nSPS) is 22.8. The van der Waals surface area contributed by atoms with Crippen molar-refractivity contribution in [3.05, 3.63) is 59.7 Å². The van der Waals surface area contributed by atoms with Crippen LogP contribution in [-0.2, 0) is 0 Å². The van der Waals surface area contributed by atoms with Crippen LogP contribution in [0.5, 0.6) is 11.5 Å². The Labute approximate surface area is 156 Å². The van der Waals surface area contributed by atoms with Crippen molar-refractivity contribution in [1.82, 2.24) is 0 Å². The third-order valence-electron chi connectivity index (χ3n) is 5.68. The monoisotopic (exact) mass is 351 g/mol. The van der Waals surface area contributed by atoms with Gasteiger partial charge in [-0.15, -0.1) is 0 Å². The van der Waals surface area contributed by atoms with E-state index in [4.69, 9.17) is 10.5 Å². The van der Waals surface area contributed by atoms with Gasteiger partial charge in [-0.05, 0) is 72.6 Å². The van der Waals surface area contributed by atoms with Crippen LogP contribution in [0.1, 0.15) is 67.8 Å². The van der Waals surface area contributed by atoms with Gasteiger partial charge >= 0.3 is 0 Å². The highest BCUT2D eigenvalue weighted by molar-refractivity contribution is 5.92. The van der Waals surface area contributed by atoms with Crippen LogP contribution in [0.3, 0.4) is 0 Å². The molecule has 3 nitrogen and oxygen atoms in total. The summed E-state index contributed by atoms with van der Waals surface area (Å²) in [6.45, 7) is 4.67. The highest BCUT2D eigenvalue weighted by Gasteiger charge is 2.28. The molecule has 2 N–H and O–H groups in total. The first-order chi connectivity index (χ1) is 12.6. The van der Waals surface area contributed by atoms with E-state index in [1.165, 1.54) is 37.7 Å². The summed E-state index contributed by atoms with van der Waals surface area (Å²) in [5.74, 6) is 3.37. The molecular weight excluding hydrogens is 322 g/mol. The summed E-state index contributed by atoms with van der Waals surface area (Å²) in [5.41, 5.74) is 7.18. The second-order valence-corrected chi connectivity index (χ2v) is 7.61. The lowest BCUT2D eigenvalue weighted by atomic mass is 9.71. The first-order valence-corrected chi connectivity index (χ1v) is 9.74. The van der Waals surface area contributed by atoms with E-state index in [0.29, 0.717) is 17.2 Å². The van der Waals surface area contributed by atoms with E-state index in [1.807, 2.05) is 12.1 Å². The second kappa shape index (κ2) is 8.39. The zero-order valence-electron chi connectivity index (χ0n) is 15.8. The Morgan fingerprint density at radius 2 is 1.65 bits per heavy atom. The molecule has 0 aromatic heterocycles.